The molecule has 3 rings (SSSR count). The van der Waals surface area contributed by atoms with Crippen molar-refractivity contribution in [3.8, 4) is 11.5 Å². The Morgan fingerprint density at radius 2 is 1.57 bits per heavy atom. The number of carbonyl (C=O) groups excluding carboxylic acids is 1. The van der Waals surface area contributed by atoms with Gasteiger partial charge in [-0.2, -0.15) is 0 Å². The van der Waals surface area contributed by atoms with Crippen LogP contribution in [0, 0.1) is 0 Å². The monoisotopic (exact) mass is 377 g/mol. The van der Waals surface area contributed by atoms with Crippen molar-refractivity contribution in [2.75, 3.05) is 12.4 Å². The number of rotatable bonds is 7. The molecular weight excluding hydrogens is 350 g/mol. The first-order chi connectivity index (χ1) is 13.5. The summed E-state index contributed by atoms with van der Waals surface area (Å²) in [6, 6.07) is 19.5. The number of ether oxygens (including phenoxy) is 2. The van der Waals surface area contributed by atoms with Crippen molar-refractivity contribution in [3.63, 3.8) is 0 Å². The average Bonchev–Trinajstić information content (AvgIpc) is 2.73. The lowest BCUT2D eigenvalue weighted by atomic mass is 9.97. The van der Waals surface area contributed by atoms with Crippen molar-refractivity contribution < 1.29 is 14.3 Å². The summed E-state index contributed by atoms with van der Waals surface area (Å²) in [5.41, 5.74) is 1.74. The van der Waals surface area contributed by atoms with E-state index < -0.39 is 0 Å². The van der Waals surface area contributed by atoms with E-state index in [9.17, 15) is 4.79 Å². The number of methoxy groups -OCH3 is 1. The molecule has 0 aliphatic carbocycles. The molecule has 146 valence electrons. The number of fused-ring (bicyclic) bond motifs is 1. The molecule has 3 aromatic rings. The van der Waals surface area contributed by atoms with Gasteiger partial charge in [0.15, 0.2) is 0 Å². The van der Waals surface area contributed by atoms with Crippen LogP contribution < -0.4 is 14.8 Å². The van der Waals surface area contributed by atoms with Crippen LogP contribution in [-0.4, -0.2) is 19.1 Å². The van der Waals surface area contributed by atoms with Crippen LogP contribution in [-0.2, 0) is 4.79 Å². The molecule has 3 aromatic carbocycles. The first kappa shape index (κ1) is 19.7. The minimum Gasteiger partial charge on any atom is -0.497 e. The van der Waals surface area contributed by atoms with Gasteiger partial charge in [-0.1, -0.05) is 31.2 Å². The Bertz CT molecular complexity index is 950. The second-order valence-electron chi connectivity index (χ2n) is 7.04. The number of nitrogens with one attached hydrogen (secondary N) is 1. The van der Waals surface area contributed by atoms with Gasteiger partial charge in [0.05, 0.1) is 19.1 Å². The van der Waals surface area contributed by atoms with Crippen LogP contribution in [0.3, 0.4) is 0 Å². The molecule has 0 bridgehead atoms. The number of benzene rings is 3. The molecule has 0 saturated carbocycles. The van der Waals surface area contributed by atoms with Gasteiger partial charge in [0.1, 0.15) is 11.5 Å². The van der Waals surface area contributed by atoms with E-state index in [1.54, 1.807) is 7.11 Å². The zero-order chi connectivity index (χ0) is 20.1. The van der Waals surface area contributed by atoms with Crippen LogP contribution in [0.4, 0.5) is 5.69 Å². The molecule has 0 aromatic heterocycles. The van der Waals surface area contributed by atoms with Gasteiger partial charge in [0, 0.05) is 5.69 Å². The van der Waals surface area contributed by atoms with Gasteiger partial charge in [-0.3, -0.25) is 4.79 Å². The van der Waals surface area contributed by atoms with Gasteiger partial charge >= 0.3 is 0 Å². The largest absolute Gasteiger partial charge is 0.497 e. The Balaban J connectivity index is 1.69. The molecule has 0 heterocycles. The summed E-state index contributed by atoms with van der Waals surface area (Å²) in [4.78, 5) is 12.7. The molecule has 0 spiro atoms. The smallest absolute Gasteiger partial charge is 0.231 e. The minimum absolute atomic E-state index is 0.0385. The van der Waals surface area contributed by atoms with Crippen LogP contribution >= 0.6 is 0 Å². The van der Waals surface area contributed by atoms with Gasteiger partial charge in [-0.25, -0.2) is 0 Å². The van der Waals surface area contributed by atoms with Gasteiger partial charge < -0.3 is 14.8 Å². The topological polar surface area (TPSA) is 47.6 Å². The first-order valence-corrected chi connectivity index (χ1v) is 9.65. The number of hydrogen-bond acceptors (Lipinski definition) is 3. The summed E-state index contributed by atoms with van der Waals surface area (Å²) >= 11 is 0. The summed E-state index contributed by atoms with van der Waals surface area (Å²) in [6.07, 6.45) is 1.13. The van der Waals surface area contributed by atoms with E-state index in [0.717, 1.165) is 39.9 Å². The van der Waals surface area contributed by atoms with E-state index in [4.69, 9.17) is 9.47 Å². The number of anilines is 1. The molecule has 28 heavy (non-hydrogen) atoms. The van der Waals surface area contributed by atoms with Crippen molar-refractivity contribution in [2.24, 2.45) is 0 Å². The minimum atomic E-state index is -0.262. The number of hydrogen-bond donors (Lipinski definition) is 1. The Kier molecular flexibility index (Phi) is 6.19. The van der Waals surface area contributed by atoms with Gasteiger partial charge in [0.2, 0.25) is 5.91 Å². The highest BCUT2D eigenvalue weighted by molar-refractivity contribution is 5.96. The van der Waals surface area contributed by atoms with E-state index >= 15 is 0 Å². The summed E-state index contributed by atoms with van der Waals surface area (Å²) in [7, 11) is 1.66. The summed E-state index contributed by atoms with van der Waals surface area (Å²) in [6.45, 7) is 6.04. The fourth-order valence-corrected chi connectivity index (χ4v) is 2.97. The highest BCUT2D eigenvalue weighted by atomic mass is 16.5. The third kappa shape index (κ3) is 4.63. The van der Waals surface area contributed by atoms with Crippen molar-refractivity contribution in [3.05, 3.63) is 66.2 Å². The number of carbonyl (C=O) groups is 1. The van der Waals surface area contributed by atoms with Crippen molar-refractivity contribution in [2.45, 2.75) is 39.2 Å². The lowest BCUT2D eigenvalue weighted by Crippen LogP contribution is -2.18. The zero-order valence-electron chi connectivity index (χ0n) is 16.9. The highest BCUT2D eigenvalue weighted by Gasteiger charge is 2.16. The maximum Gasteiger partial charge on any atom is 0.231 e. The third-order valence-corrected chi connectivity index (χ3v) is 5.00. The number of amides is 1. The molecule has 0 aliphatic rings. The van der Waals surface area contributed by atoms with E-state index in [1.807, 2.05) is 68.4 Å². The highest BCUT2D eigenvalue weighted by Crippen LogP contribution is 2.26. The lowest BCUT2D eigenvalue weighted by Gasteiger charge is -2.15. The molecule has 1 amide bonds. The molecule has 4 nitrogen and oxygen atoms in total. The molecule has 4 heteroatoms. The first-order valence-electron chi connectivity index (χ1n) is 9.65. The predicted molar refractivity (Wildman–Crippen MR) is 114 cm³/mol. The molecule has 2 atom stereocenters. The molecule has 1 N–H and O–H groups in total. The van der Waals surface area contributed by atoms with Crippen molar-refractivity contribution in [1.29, 1.82) is 0 Å². The molecule has 1 unspecified atom stereocenters. The molecule has 0 radical (unpaired) electrons. The predicted octanol–water partition coefficient (Wildman–Crippen LogP) is 5.77. The van der Waals surface area contributed by atoms with Crippen LogP contribution in [0.2, 0.25) is 0 Å². The van der Waals surface area contributed by atoms with Crippen LogP contribution in [0.25, 0.3) is 10.8 Å². The Morgan fingerprint density at radius 3 is 2.25 bits per heavy atom. The van der Waals surface area contributed by atoms with Crippen molar-refractivity contribution in [1.82, 2.24) is 0 Å². The molecule has 0 aliphatic heterocycles. The van der Waals surface area contributed by atoms with Crippen molar-refractivity contribution >= 4 is 22.4 Å². The van der Waals surface area contributed by atoms with E-state index in [0.29, 0.717) is 0 Å². The average molecular weight is 377 g/mol. The summed E-state index contributed by atoms with van der Waals surface area (Å²) in [5.74, 6) is 1.34. The quantitative estimate of drug-likeness (QED) is 0.569. The van der Waals surface area contributed by atoms with Gasteiger partial charge in [-0.05, 0) is 73.0 Å². The van der Waals surface area contributed by atoms with E-state index in [2.05, 4.69) is 18.3 Å². The van der Waals surface area contributed by atoms with Crippen LogP contribution in [0.1, 0.15) is 38.7 Å². The Labute approximate surface area is 166 Å². The summed E-state index contributed by atoms with van der Waals surface area (Å²) in [5, 5.41) is 5.16. The molecular formula is C24H27NO3. The Morgan fingerprint density at radius 1 is 0.929 bits per heavy atom. The van der Waals surface area contributed by atoms with E-state index in [1.165, 1.54) is 0 Å². The molecule has 0 saturated heterocycles. The third-order valence-electron chi connectivity index (χ3n) is 5.00. The second kappa shape index (κ2) is 8.79. The second-order valence-corrected chi connectivity index (χ2v) is 7.04. The van der Waals surface area contributed by atoms with E-state index in [-0.39, 0.29) is 17.9 Å². The lowest BCUT2D eigenvalue weighted by molar-refractivity contribution is -0.117. The van der Waals surface area contributed by atoms with Crippen LogP contribution in [0.5, 0.6) is 11.5 Å². The molecule has 0 fully saturated rings. The Hall–Kier alpha value is -3.01. The van der Waals surface area contributed by atoms with Gasteiger partial charge in [-0.15, -0.1) is 0 Å². The summed E-state index contributed by atoms with van der Waals surface area (Å²) < 4.78 is 11.0. The maximum absolute atomic E-state index is 12.7. The fraction of sp³-hybridized carbons (Fsp3) is 0.292. The SMILES string of the molecule is CCC(C)Oc1ccc(NC(=O)[C@@H](C)c2ccc3cc(OC)ccc3c2)cc1. The normalized spacial score (nSPS) is 13.0. The van der Waals surface area contributed by atoms with Crippen LogP contribution in [0.15, 0.2) is 60.7 Å². The zero-order valence-corrected chi connectivity index (χ0v) is 16.9. The standard InChI is InChI=1S/C24H27NO3/c1-5-16(2)28-22-12-9-21(10-13-22)25-24(26)17(3)18-6-7-20-15-23(27-4)11-8-19(20)14-18/h6-17H,5H2,1-4H3,(H,25,26)/t16?,17-/m0/s1. The van der Waals surface area contributed by atoms with Gasteiger partial charge in [0.25, 0.3) is 0 Å². The maximum atomic E-state index is 12.7. The fourth-order valence-electron chi connectivity index (χ4n) is 2.97.